The molecule has 128 valence electrons. The third-order valence-electron chi connectivity index (χ3n) is 4.15. The Bertz CT molecular complexity index is 692. The zero-order valence-electron chi connectivity index (χ0n) is 14.1. The number of aromatic nitrogens is 1. The summed E-state index contributed by atoms with van der Waals surface area (Å²) in [6.45, 7) is 7.31. The third-order valence-corrected chi connectivity index (χ3v) is 4.15. The molecule has 1 N–H and O–H groups in total. The van der Waals surface area contributed by atoms with Gasteiger partial charge in [0.2, 0.25) is 0 Å². The number of hydrogen-bond donors (Lipinski definition) is 1. The molecule has 1 aliphatic heterocycles. The van der Waals surface area contributed by atoms with Crippen LogP contribution in [0.3, 0.4) is 0 Å². The summed E-state index contributed by atoms with van der Waals surface area (Å²) in [4.78, 5) is 18.9. The summed E-state index contributed by atoms with van der Waals surface area (Å²) < 4.78 is 11.2. The van der Waals surface area contributed by atoms with Crippen LogP contribution in [0.1, 0.15) is 33.7 Å². The summed E-state index contributed by atoms with van der Waals surface area (Å²) in [6.07, 6.45) is 0. The minimum Gasteiger partial charge on any atom is -0.465 e. The van der Waals surface area contributed by atoms with Crippen LogP contribution in [0.5, 0.6) is 0 Å². The molecule has 1 fully saturated rings. The maximum atomic E-state index is 12.4. The van der Waals surface area contributed by atoms with Crippen molar-refractivity contribution in [3.63, 3.8) is 0 Å². The Labute approximate surface area is 141 Å². The minimum atomic E-state index is -0.166. The van der Waals surface area contributed by atoms with Crippen LogP contribution < -0.4 is 5.32 Å². The number of hydrogen-bond acceptors (Lipinski definition) is 5. The second-order valence-electron chi connectivity index (χ2n) is 5.99. The summed E-state index contributed by atoms with van der Waals surface area (Å²) in [5.74, 6) is 1.57. The van der Waals surface area contributed by atoms with Gasteiger partial charge in [-0.3, -0.25) is 9.69 Å². The van der Waals surface area contributed by atoms with E-state index in [2.05, 4.69) is 15.2 Å². The van der Waals surface area contributed by atoms with Crippen LogP contribution in [0.15, 0.2) is 34.7 Å². The summed E-state index contributed by atoms with van der Waals surface area (Å²) in [5, 5.41) is 2.99. The van der Waals surface area contributed by atoms with E-state index in [0.717, 1.165) is 30.3 Å². The molecular formula is C18H23N3O3. The van der Waals surface area contributed by atoms with Crippen LogP contribution in [0.25, 0.3) is 0 Å². The Morgan fingerprint density at radius 2 is 2.04 bits per heavy atom. The van der Waals surface area contributed by atoms with Gasteiger partial charge >= 0.3 is 0 Å². The molecule has 6 heteroatoms. The number of pyridine rings is 1. The molecule has 0 unspecified atom stereocenters. The highest BCUT2D eigenvalue weighted by molar-refractivity contribution is 5.92. The molecule has 1 amide bonds. The van der Waals surface area contributed by atoms with E-state index >= 15 is 0 Å². The van der Waals surface area contributed by atoms with Crippen molar-refractivity contribution in [1.82, 2.24) is 15.2 Å². The fraction of sp³-hybridized carbons (Fsp3) is 0.444. The van der Waals surface area contributed by atoms with Gasteiger partial charge in [0.05, 0.1) is 19.3 Å². The molecule has 1 atom stereocenters. The highest BCUT2D eigenvalue weighted by Crippen LogP contribution is 2.23. The molecule has 0 aromatic carbocycles. The van der Waals surface area contributed by atoms with Crippen LogP contribution in [0.4, 0.5) is 0 Å². The number of carbonyl (C=O) groups excluding carboxylic acids is 1. The van der Waals surface area contributed by atoms with E-state index in [1.54, 1.807) is 6.07 Å². The quantitative estimate of drug-likeness (QED) is 0.910. The van der Waals surface area contributed by atoms with Gasteiger partial charge in [0.1, 0.15) is 17.2 Å². The first kappa shape index (κ1) is 16.7. The minimum absolute atomic E-state index is 0.00337. The molecule has 0 radical (unpaired) electrons. The zero-order valence-corrected chi connectivity index (χ0v) is 14.1. The van der Waals surface area contributed by atoms with Crippen molar-refractivity contribution >= 4 is 5.91 Å². The number of morpholine rings is 1. The van der Waals surface area contributed by atoms with Crippen molar-refractivity contribution in [1.29, 1.82) is 0 Å². The van der Waals surface area contributed by atoms with Crippen LogP contribution >= 0.6 is 0 Å². The van der Waals surface area contributed by atoms with E-state index in [1.807, 2.05) is 38.1 Å². The monoisotopic (exact) mass is 329 g/mol. The molecule has 3 rings (SSSR count). The molecule has 2 aromatic heterocycles. The molecule has 0 spiro atoms. The van der Waals surface area contributed by atoms with Gasteiger partial charge in [-0.15, -0.1) is 0 Å². The highest BCUT2D eigenvalue weighted by atomic mass is 16.5. The number of rotatable bonds is 5. The summed E-state index contributed by atoms with van der Waals surface area (Å²) in [6, 6.07) is 9.37. The van der Waals surface area contributed by atoms with E-state index < -0.39 is 0 Å². The standard InChI is InChI=1S/C18H23N3O3/c1-13-4-3-5-15(20-13)18(22)19-12-16(17-7-6-14(2)24-17)21-8-10-23-11-9-21/h3-7,16H,8-12H2,1-2H3,(H,19,22)/t16-/m1/s1. The predicted molar refractivity (Wildman–Crippen MR) is 89.9 cm³/mol. The normalized spacial score (nSPS) is 16.8. The number of ether oxygens (including phenoxy) is 1. The lowest BCUT2D eigenvalue weighted by Crippen LogP contribution is -2.43. The Morgan fingerprint density at radius 3 is 2.71 bits per heavy atom. The molecule has 0 saturated carbocycles. The van der Waals surface area contributed by atoms with E-state index in [0.29, 0.717) is 25.5 Å². The zero-order chi connectivity index (χ0) is 16.9. The largest absolute Gasteiger partial charge is 0.465 e. The van der Waals surface area contributed by atoms with E-state index in [-0.39, 0.29) is 11.9 Å². The lowest BCUT2D eigenvalue weighted by atomic mass is 10.1. The number of furan rings is 1. The van der Waals surface area contributed by atoms with Crippen molar-refractivity contribution in [2.45, 2.75) is 19.9 Å². The second kappa shape index (κ2) is 7.59. The van der Waals surface area contributed by atoms with Crippen molar-refractivity contribution in [3.8, 4) is 0 Å². The number of carbonyl (C=O) groups is 1. The van der Waals surface area contributed by atoms with Crippen molar-refractivity contribution < 1.29 is 13.9 Å². The van der Waals surface area contributed by atoms with Crippen molar-refractivity contribution in [2.24, 2.45) is 0 Å². The predicted octanol–water partition coefficient (Wildman–Crippen LogP) is 2.09. The van der Waals surface area contributed by atoms with Crippen molar-refractivity contribution in [3.05, 3.63) is 53.2 Å². The molecule has 1 aliphatic rings. The Morgan fingerprint density at radius 1 is 1.25 bits per heavy atom. The maximum Gasteiger partial charge on any atom is 0.269 e. The molecule has 2 aromatic rings. The smallest absolute Gasteiger partial charge is 0.269 e. The molecule has 0 bridgehead atoms. The molecular weight excluding hydrogens is 306 g/mol. The molecule has 1 saturated heterocycles. The summed E-state index contributed by atoms with van der Waals surface area (Å²) >= 11 is 0. The van der Waals surface area contributed by atoms with Gasteiger partial charge < -0.3 is 14.5 Å². The number of nitrogens with zero attached hydrogens (tertiary/aromatic N) is 2. The third kappa shape index (κ3) is 4.01. The second-order valence-corrected chi connectivity index (χ2v) is 5.99. The summed E-state index contributed by atoms with van der Waals surface area (Å²) in [5.41, 5.74) is 1.26. The van der Waals surface area contributed by atoms with Gasteiger partial charge in [-0.1, -0.05) is 6.07 Å². The first-order chi connectivity index (χ1) is 11.6. The van der Waals surface area contributed by atoms with Crippen molar-refractivity contribution in [2.75, 3.05) is 32.8 Å². The average Bonchev–Trinajstić information content (AvgIpc) is 3.02. The van der Waals surface area contributed by atoms with Gasteiger partial charge in [0.25, 0.3) is 5.91 Å². The lowest BCUT2D eigenvalue weighted by molar-refractivity contribution is 0.0117. The van der Waals surface area contributed by atoms with Crippen LogP contribution in [-0.4, -0.2) is 48.6 Å². The molecule has 0 aliphatic carbocycles. The first-order valence-corrected chi connectivity index (χ1v) is 8.23. The summed E-state index contributed by atoms with van der Waals surface area (Å²) in [7, 11) is 0. The van der Waals surface area contributed by atoms with Gasteiger partial charge in [0, 0.05) is 25.3 Å². The Balaban J connectivity index is 1.70. The molecule has 24 heavy (non-hydrogen) atoms. The Kier molecular flexibility index (Phi) is 5.27. The van der Waals surface area contributed by atoms with Crippen LogP contribution in [0.2, 0.25) is 0 Å². The van der Waals surface area contributed by atoms with Gasteiger partial charge in [-0.2, -0.15) is 0 Å². The fourth-order valence-corrected chi connectivity index (χ4v) is 2.88. The number of nitrogens with one attached hydrogen (secondary N) is 1. The first-order valence-electron chi connectivity index (χ1n) is 8.23. The fourth-order valence-electron chi connectivity index (χ4n) is 2.88. The Hall–Kier alpha value is -2.18. The average molecular weight is 329 g/mol. The lowest BCUT2D eigenvalue weighted by Gasteiger charge is -2.33. The topological polar surface area (TPSA) is 67.6 Å². The van der Waals surface area contributed by atoms with Gasteiger partial charge in [-0.05, 0) is 38.1 Å². The number of aryl methyl sites for hydroxylation is 2. The molecule has 6 nitrogen and oxygen atoms in total. The van der Waals surface area contributed by atoms with E-state index in [1.165, 1.54) is 0 Å². The van der Waals surface area contributed by atoms with Gasteiger partial charge in [0.15, 0.2) is 0 Å². The van der Waals surface area contributed by atoms with E-state index in [4.69, 9.17) is 9.15 Å². The highest BCUT2D eigenvalue weighted by Gasteiger charge is 2.26. The number of amides is 1. The maximum absolute atomic E-state index is 12.4. The molecule has 3 heterocycles. The van der Waals surface area contributed by atoms with Crippen LogP contribution in [0, 0.1) is 13.8 Å². The van der Waals surface area contributed by atoms with Gasteiger partial charge in [-0.25, -0.2) is 4.98 Å². The van der Waals surface area contributed by atoms with Crippen LogP contribution in [-0.2, 0) is 4.74 Å². The van der Waals surface area contributed by atoms with E-state index in [9.17, 15) is 4.79 Å². The SMILES string of the molecule is Cc1cccc(C(=O)NC[C@H](c2ccc(C)o2)N2CCOCC2)n1.